The van der Waals surface area contributed by atoms with Crippen molar-refractivity contribution in [3.05, 3.63) is 68.6 Å². The van der Waals surface area contributed by atoms with E-state index in [-0.39, 0.29) is 51.0 Å². The lowest BCUT2D eigenvalue weighted by Gasteiger charge is -2.20. The molecule has 6 nitrogen and oxygen atoms in total. The monoisotopic (exact) mass is 514 g/mol. The zero-order valence-corrected chi connectivity index (χ0v) is 20.0. The average Bonchev–Trinajstić information content (AvgIpc) is 2.78. The molecule has 2 heterocycles. The van der Waals surface area contributed by atoms with E-state index in [4.69, 9.17) is 4.74 Å². The Hall–Kier alpha value is -3.28. The van der Waals surface area contributed by atoms with Gasteiger partial charge in [0.25, 0.3) is 0 Å². The minimum Gasteiger partial charge on any atom is -0.440 e. The molecular weight excluding hydrogens is 493 g/mol. The third-order valence-electron chi connectivity index (χ3n) is 5.27. The van der Waals surface area contributed by atoms with Crippen LogP contribution < -0.4 is 10.2 Å². The predicted octanol–water partition coefficient (Wildman–Crippen LogP) is 6.23. The summed E-state index contributed by atoms with van der Waals surface area (Å²) in [6.45, 7) is 4.22. The van der Waals surface area contributed by atoms with Crippen molar-refractivity contribution >= 4 is 10.6 Å². The zero-order valence-electron chi connectivity index (χ0n) is 19.1. The maximum atomic E-state index is 14.1. The Morgan fingerprint density at radius 2 is 1.86 bits per heavy atom. The van der Waals surface area contributed by atoms with Gasteiger partial charge in [0.15, 0.2) is 17.1 Å². The number of H-pyrrole nitrogens is 1. The van der Waals surface area contributed by atoms with E-state index in [1.54, 1.807) is 6.92 Å². The second-order valence-corrected chi connectivity index (χ2v) is 8.87. The number of benzene rings is 1. The number of aryl methyl sites for hydroxylation is 1. The summed E-state index contributed by atoms with van der Waals surface area (Å²) < 4.78 is 90.1. The van der Waals surface area contributed by atoms with Crippen LogP contribution in [-0.4, -0.2) is 17.0 Å². The van der Waals surface area contributed by atoms with Crippen LogP contribution in [0.1, 0.15) is 35.7 Å². The lowest BCUT2D eigenvalue weighted by atomic mass is 10.0. The summed E-state index contributed by atoms with van der Waals surface area (Å²) >= 11 is 0. The first-order chi connectivity index (χ1) is 16.4. The second kappa shape index (κ2) is 10.1. The van der Waals surface area contributed by atoms with Crippen LogP contribution in [0.2, 0.25) is 0 Å². The highest BCUT2D eigenvalue weighted by atomic mass is 32.2. The van der Waals surface area contributed by atoms with Gasteiger partial charge in [0.05, 0.1) is 16.8 Å². The van der Waals surface area contributed by atoms with Crippen LogP contribution in [0.5, 0.6) is 11.6 Å². The molecule has 0 spiro atoms. The molecule has 0 saturated carbocycles. The number of alkyl halides is 3. The molecule has 0 bridgehead atoms. The maximum Gasteiger partial charge on any atom is 0.418 e. The molecule has 0 aliphatic heterocycles. The molecule has 1 N–H and O–H groups in total. The molecule has 12 heteroatoms. The summed E-state index contributed by atoms with van der Waals surface area (Å²) in [6.07, 6.45) is -3.40. The number of hydrogen-bond acceptors (Lipinski definition) is 6. The molecule has 1 aromatic carbocycles. The maximum absolute atomic E-state index is 14.1. The van der Waals surface area contributed by atoms with Crippen molar-refractivity contribution in [2.75, 3.05) is 7.05 Å². The van der Waals surface area contributed by atoms with E-state index in [0.717, 1.165) is 18.2 Å². The Kier molecular flexibility index (Phi) is 7.63. The summed E-state index contributed by atoms with van der Waals surface area (Å²) in [5.74, 6) is -2.83. The van der Waals surface area contributed by atoms with Crippen molar-refractivity contribution < 1.29 is 30.9 Å². The number of aromatic nitrogens is 2. The van der Waals surface area contributed by atoms with E-state index >= 15 is 0 Å². The molecule has 0 aliphatic rings. The summed E-state index contributed by atoms with van der Waals surface area (Å²) in [5, 5.41) is 0. The molecule has 3 rings (SSSR count). The van der Waals surface area contributed by atoms with Crippen molar-refractivity contribution in [3.63, 3.8) is 0 Å². The van der Waals surface area contributed by atoms with Crippen LogP contribution in [0, 0.1) is 25.5 Å². The Balaban J connectivity index is 2.34. The standard InChI is InChI=1S/C23H21F5N3O3S/c1-5-6-15-21(35(33)29-4)17(32)9-16(31-15)19-11(2)13(23(26,27)28)10-30-22(19)34-18-8-7-14(24)20(25)12(18)3/h7-10H,5-6H2,1-4H3,(H,31,32)/q-1. The molecule has 0 amide bonds. The van der Waals surface area contributed by atoms with Gasteiger partial charge in [-0.15, -0.1) is 0 Å². The Morgan fingerprint density at radius 1 is 1.17 bits per heavy atom. The van der Waals surface area contributed by atoms with Gasteiger partial charge in [-0.05, 0) is 42.9 Å². The molecule has 2 aromatic heterocycles. The van der Waals surface area contributed by atoms with E-state index in [9.17, 15) is 31.0 Å². The Morgan fingerprint density at radius 3 is 2.46 bits per heavy atom. The minimum absolute atomic E-state index is 0.0679. The van der Waals surface area contributed by atoms with Gasteiger partial charge in [0.2, 0.25) is 5.88 Å². The number of hydrogen-bond donors (Lipinski definition) is 1. The molecule has 0 aliphatic carbocycles. The molecule has 188 valence electrons. The molecule has 3 aromatic rings. The van der Waals surface area contributed by atoms with Crippen LogP contribution in [-0.2, 0) is 27.4 Å². The van der Waals surface area contributed by atoms with Crippen molar-refractivity contribution in [3.8, 4) is 22.9 Å². The van der Waals surface area contributed by atoms with Crippen molar-refractivity contribution in [2.24, 2.45) is 4.36 Å². The molecule has 0 fully saturated rings. The van der Waals surface area contributed by atoms with Gasteiger partial charge in [-0.25, -0.2) is 13.8 Å². The van der Waals surface area contributed by atoms with E-state index in [0.29, 0.717) is 12.6 Å². The van der Waals surface area contributed by atoms with Crippen LogP contribution in [0.15, 0.2) is 38.4 Å². The van der Waals surface area contributed by atoms with E-state index in [2.05, 4.69) is 14.3 Å². The lowest BCUT2D eigenvalue weighted by Crippen LogP contribution is -2.15. The van der Waals surface area contributed by atoms with Gasteiger partial charge in [-0.1, -0.05) is 13.3 Å². The van der Waals surface area contributed by atoms with Crippen LogP contribution in [0.3, 0.4) is 0 Å². The predicted molar refractivity (Wildman–Crippen MR) is 120 cm³/mol. The van der Waals surface area contributed by atoms with Gasteiger partial charge >= 0.3 is 6.18 Å². The van der Waals surface area contributed by atoms with Crippen LogP contribution >= 0.6 is 0 Å². The van der Waals surface area contributed by atoms with Gasteiger partial charge in [0.1, 0.15) is 5.75 Å². The number of halogens is 5. The van der Waals surface area contributed by atoms with E-state index < -0.39 is 39.4 Å². The lowest BCUT2D eigenvalue weighted by molar-refractivity contribution is -0.138. The number of aromatic amines is 1. The number of pyridine rings is 2. The van der Waals surface area contributed by atoms with Crippen LogP contribution in [0.4, 0.5) is 22.0 Å². The normalized spacial score (nSPS) is 12.7. The first kappa shape index (κ1) is 26.3. The molecular formula is C23H21F5N3O3S-. The number of nitrogens with one attached hydrogen (secondary N) is 1. The highest BCUT2D eigenvalue weighted by Gasteiger charge is 2.35. The minimum atomic E-state index is -4.77. The Labute approximate surface area is 199 Å². The Bertz CT molecular complexity index is 1430. The average molecular weight is 514 g/mol. The zero-order chi connectivity index (χ0) is 26.1. The SMILES string of the molecule is CCCc1[nH]c(-c2c(Oc3ccc(F)c(F)c3C)ncc(C(F)(F)F)c2C)cc(=O)c1[S-](=O)=NC. The number of ether oxygens (including phenoxy) is 1. The highest BCUT2D eigenvalue weighted by Crippen LogP contribution is 2.41. The van der Waals surface area contributed by atoms with Gasteiger partial charge < -0.3 is 18.3 Å². The van der Waals surface area contributed by atoms with Gasteiger partial charge in [-0.2, -0.15) is 23.8 Å². The summed E-state index contributed by atoms with van der Waals surface area (Å²) in [4.78, 5) is 19.4. The van der Waals surface area contributed by atoms with Crippen molar-refractivity contribution in [1.82, 2.24) is 9.97 Å². The first-order valence-corrected chi connectivity index (χ1v) is 11.5. The second-order valence-electron chi connectivity index (χ2n) is 7.60. The molecule has 35 heavy (non-hydrogen) atoms. The highest BCUT2D eigenvalue weighted by molar-refractivity contribution is 7.74. The third-order valence-corrected chi connectivity index (χ3v) is 6.40. The topological polar surface area (TPSA) is 84.4 Å². The van der Waals surface area contributed by atoms with Gasteiger partial charge in [0, 0.05) is 30.6 Å². The molecule has 0 saturated heterocycles. The van der Waals surface area contributed by atoms with E-state index in [1.165, 1.54) is 20.9 Å². The van der Waals surface area contributed by atoms with Crippen molar-refractivity contribution in [1.29, 1.82) is 0 Å². The summed E-state index contributed by atoms with van der Waals surface area (Å²) in [6, 6.07) is 2.92. The molecule has 0 atom stereocenters. The fourth-order valence-corrected chi connectivity index (χ4v) is 4.33. The third kappa shape index (κ3) is 5.21. The van der Waals surface area contributed by atoms with Gasteiger partial charge in [-0.3, -0.25) is 4.79 Å². The number of nitrogens with zero attached hydrogens (tertiary/aromatic N) is 2. The smallest absolute Gasteiger partial charge is 0.418 e. The van der Waals surface area contributed by atoms with E-state index in [1.807, 2.05) is 0 Å². The number of rotatable bonds is 6. The molecule has 0 radical (unpaired) electrons. The van der Waals surface area contributed by atoms with Crippen LogP contribution in [0.25, 0.3) is 11.3 Å². The first-order valence-electron chi connectivity index (χ1n) is 10.4. The quantitative estimate of drug-likeness (QED) is 0.312. The molecule has 0 unspecified atom stereocenters. The summed E-state index contributed by atoms with van der Waals surface area (Å²) in [7, 11) is -0.697. The summed E-state index contributed by atoms with van der Waals surface area (Å²) in [5.41, 5.74) is -2.33. The fraction of sp³-hybridized carbons (Fsp3) is 0.304. The van der Waals surface area contributed by atoms with Crippen molar-refractivity contribution in [2.45, 2.75) is 44.7 Å². The fourth-order valence-electron chi connectivity index (χ4n) is 3.55. The largest absolute Gasteiger partial charge is 0.440 e.